The molecule has 1 aliphatic rings. The zero-order valence-corrected chi connectivity index (χ0v) is 11.9. The molecule has 0 saturated carbocycles. The van der Waals surface area contributed by atoms with E-state index in [2.05, 4.69) is 4.90 Å². The van der Waals surface area contributed by atoms with Crippen molar-refractivity contribution in [3.8, 4) is 5.75 Å². The molecule has 1 heterocycles. The molecule has 2 rings (SSSR count). The monoisotopic (exact) mass is 291 g/mol. The van der Waals surface area contributed by atoms with E-state index < -0.39 is 5.97 Å². The van der Waals surface area contributed by atoms with E-state index in [1.807, 2.05) is 24.3 Å². The summed E-state index contributed by atoms with van der Waals surface area (Å²) in [7, 11) is 0. The van der Waals surface area contributed by atoms with Gasteiger partial charge in [-0.3, -0.25) is 4.90 Å². The number of carboxylic acids is 1. The summed E-state index contributed by atoms with van der Waals surface area (Å²) in [6, 6.07) is 7.32. The summed E-state index contributed by atoms with van der Waals surface area (Å²) in [5.41, 5.74) is 0.829. The van der Waals surface area contributed by atoms with Gasteiger partial charge in [0.25, 0.3) is 0 Å². The van der Waals surface area contributed by atoms with Crippen molar-refractivity contribution in [1.29, 1.82) is 0 Å². The fraction of sp³-hybridized carbons (Fsp3) is 0.438. The van der Waals surface area contributed by atoms with Crippen LogP contribution in [0.25, 0.3) is 6.08 Å². The number of likely N-dealkylation sites (tertiary alicyclic amines) is 1. The van der Waals surface area contributed by atoms with Crippen molar-refractivity contribution in [2.24, 2.45) is 5.92 Å². The first-order chi connectivity index (χ1) is 10.2. The van der Waals surface area contributed by atoms with Gasteiger partial charge in [-0.1, -0.05) is 12.1 Å². The Hall–Kier alpha value is -1.85. The Labute approximate surface area is 124 Å². The average molecular weight is 291 g/mol. The molecule has 21 heavy (non-hydrogen) atoms. The van der Waals surface area contributed by atoms with Crippen molar-refractivity contribution in [2.45, 2.75) is 6.42 Å². The van der Waals surface area contributed by atoms with Gasteiger partial charge in [0.1, 0.15) is 12.4 Å². The smallest absolute Gasteiger partial charge is 0.328 e. The molecular weight excluding hydrogens is 270 g/mol. The molecule has 1 saturated heterocycles. The van der Waals surface area contributed by atoms with Crippen LogP contribution in [0.3, 0.4) is 0 Å². The van der Waals surface area contributed by atoms with Crippen molar-refractivity contribution in [3.05, 3.63) is 35.9 Å². The highest BCUT2D eigenvalue weighted by Crippen LogP contribution is 2.16. The lowest BCUT2D eigenvalue weighted by Gasteiger charge is -2.15. The Morgan fingerprint density at radius 3 is 2.76 bits per heavy atom. The molecule has 0 bridgehead atoms. The van der Waals surface area contributed by atoms with Gasteiger partial charge >= 0.3 is 5.97 Å². The lowest BCUT2D eigenvalue weighted by atomic mass is 10.1. The van der Waals surface area contributed by atoms with E-state index in [1.54, 1.807) is 6.08 Å². The summed E-state index contributed by atoms with van der Waals surface area (Å²) in [5.74, 6) is 0.229. The number of benzene rings is 1. The first kappa shape index (κ1) is 15.5. The number of carboxylic acid groups (broad SMARTS) is 1. The van der Waals surface area contributed by atoms with Gasteiger partial charge in [0, 0.05) is 25.8 Å². The van der Waals surface area contributed by atoms with Crippen LogP contribution in [0.2, 0.25) is 0 Å². The molecule has 0 spiro atoms. The minimum absolute atomic E-state index is 0.267. The minimum Gasteiger partial charge on any atom is -0.492 e. The normalized spacial score (nSPS) is 19.2. The lowest BCUT2D eigenvalue weighted by Crippen LogP contribution is -2.26. The molecule has 1 aromatic rings. The fourth-order valence-electron chi connectivity index (χ4n) is 2.40. The second-order valence-electron chi connectivity index (χ2n) is 5.23. The Morgan fingerprint density at radius 2 is 2.14 bits per heavy atom. The van der Waals surface area contributed by atoms with Gasteiger partial charge in [-0.15, -0.1) is 0 Å². The largest absolute Gasteiger partial charge is 0.492 e. The highest BCUT2D eigenvalue weighted by atomic mass is 16.5. The maximum absolute atomic E-state index is 10.4. The molecule has 0 amide bonds. The van der Waals surface area contributed by atoms with Gasteiger partial charge in [-0.05, 0) is 42.7 Å². The predicted octanol–water partition coefficient (Wildman–Crippen LogP) is 1.48. The summed E-state index contributed by atoms with van der Waals surface area (Å²) < 4.78 is 5.67. The number of aliphatic carboxylic acids is 1. The van der Waals surface area contributed by atoms with E-state index in [4.69, 9.17) is 14.9 Å². The van der Waals surface area contributed by atoms with E-state index in [9.17, 15) is 4.79 Å². The van der Waals surface area contributed by atoms with Crippen LogP contribution in [0, 0.1) is 5.92 Å². The standard InChI is InChI=1S/C16H21NO4/c18-12-14-7-8-17(11-14)9-10-21-15-4-1-13(2-5-15)3-6-16(19)20/h1-6,14,18H,7-12H2,(H,19,20)/b6-3+. The van der Waals surface area contributed by atoms with E-state index >= 15 is 0 Å². The molecule has 1 fully saturated rings. The summed E-state index contributed by atoms with van der Waals surface area (Å²) in [6.45, 7) is 3.70. The molecule has 114 valence electrons. The summed E-state index contributed by atoms with van der Waals surface area (Å²) in [5, 5.41) is 17.6. The van der Waals surface area contributed by atoms with Gasteiger partial charge in [0.15, 0.2) is 0 Å². The maximum Gasteiger partial charge on any atom is 0.328 e. The van der Waals surface area contributed by atoms with E-state index in [0.717, 1.165) is 43.4 Å². The predicted molar refractivity (Wildman–Crippen MR) is 80.2 cm³/mol. The van der Waals surface area contributed by atoms with Crippen LogP contribution in [0.1, 0.15) is 12.0 Å². The molecule has 0 aromatic heterocycles. The Kier molecular flexibility index (Phi) is 5.78. The van der Waals surface area contributed by atoms with E-state index in [1.165, 1.54) is 0 Å². The van der Waals surface area contributed by atoms with Crippen LogP contribution in [-0.2, 0) is 4.79 Å². The van der Waals surface area contributed by atoms with E-state index in [-0.39, 0.29) is 6.61 Å². The Balaban J connectivity index is 1.72. The van der Waals surface area contributed by atoms with Crippen molar-refractivity contribution in [2.75, 3.05) is 32.8 Å². The number of hydrogen-bond donors (Lipinski definition) is 2. The average Bonchev–Trinajstić information content (AvgIpc) is 2.94. The number of aliphatic hydroxyl groups excluding tert-OH is 1. The van der Waals surface area contributed by atoms with Crippen LogP contribution < -0.4 is 4.74 Å². The number of rotatable bonds is 7. The summed E-state index contributed by atoms with van der Waals surface area (Å²) in [6.07, 6.45) is 3.72. The quantitative estimate of drug-likeness (QED) is 0.745. The molecule has 1 atom stereocenters. The highest BCUT2D eigenvalue weighted by Gasteiger charge is 2.20. The van der Waals surface area contributed by atoms with Gasteiger partial charge in [0.05, 0.1) is 0 Å². The molecule has 5 heteroatoms. The maximum atomic E-state index is 10.4. The fourth-order valence-corrected chi connectivity index (χ4v) is 2.40. The third kappa shape index (κ3) is 5.21. The minimum atomic E-state index is -0.956. The van der Waals surface area contributed by atoms with Crippen LogP contribution in [0.15, 0.2) is 30.3 Å². The molecule has 1 aromatic carbocycles. The van der Waals surface area contributed by atoms with Crippen molar-refractivity contribution in [1.82, 2.24) is 4.90 Å². The third-order valence-corrected chi connectivity index (χ3v) is 3.60. The Morgan fingerprint density at radius 1 is 1.38 bits per heavy atom. The van der Waals surface area contributed by atoms with Crippen LogP contribution in [0.4, 0.5) is 0 Å². The molecule has 0 aliphatic carbocycles. The zero-order chi connectivity index (χ0) is 15.1. The van der Waals surface area contributed by atoms with Crippen LogP contribution in [-0.4, -0.2) is 53.9 Å². The van der Waals surface area contributed by atoms with Gasteiger partial charge in [-0.25, -0.2) is 4.79 Å². The summed E-state index contributed by atoms with van der Waals surface area (Å²) in [4.78, 5) is 12.7. The first-order valence-electron chi connectivity index (χ1n) is 7.14. The second-order valence-corrected chi connectivity index (χ2v) is 5.23. The first-order valence-corrected chi connectivity index (χ1v) is 7.14. The second kappa shape index (κ2) is 7.81. The van der Waals surface area contributed by atoms with Crippen molar-refractivity contribution >= 4 is 12.0 Å². The van der Waals surface area contributed by atoms with Crippen molar-refractivity contribution in [3.63, 3.8) is 0 Å². The van der Waals surface area contributed by atoms with Crippen molar-refractivity contribution < 1.29 is 19.7 Å². The SMILES string of the molecule is O=C(O)/C=C/c1ccc(OCCN2CCC(CO)C2)cc1. The Bertz CT molecular complexity index is 484. The molecular formula is C16H21NO4. The van der Waals surface area contributed by atoms with Gasteiger partial charge < -0.3 is 14.9 Å². The van der Waals surface area contributed by atoms with Gasteiger partial charge in [0.2, 0.25) is 0 Å². The number of aliphatic hydroxyl groups is 1. The topological polar surface area (TPSA) is 70.0 Å². The number of ether oxygens (including phenoxy) is 1. The molecule has 1 aliphatic heterocycles. The number of carbonyl (C=O) groups is 1. The molecule has 2 N–H and O–H groups in total. The van der Waals surface area contributed by atoms with Gasteiger partial charge in [-0.2, -0.15) is 0 Å². The molecule has 0 radical (unpaired) electrons. The highest BCUT2D eigenvalue weighted by molar-refractivity contribution is 5.85. The van der Waals surface area contributed by atoms with Crippen LogP contribution in [0.5, 0.6) is 5.75 Å². The number of hydrogen-bond acceptors (Lipinski definition) is 4. The van der Waals surface area contributed by atoms with Crippen LogP contribution >= 0.6 is 0 Å². The third-order valence-electron chi connectivity index (χ3n) is 3.60. The lowest BCUT2D eigenvalue weighted by molar-refractivity contribution is -0.131. The zero-order valence-electron chi connectivity index (χ0n) is 11.9. The molecule has 1 unspecified atom stereocenters. The number of nitrogens with zero attached hydrogens (tertiary/aromatic N) is 1. The summed E-state index contributed by atoms with van der Waals surface area (Å²) >= 11 is 0. The van der Waals surface area contributed by atoms with E-state index in [0.29, 0.717) is 12.5 Å². The molecule has 5 nitrogen and oxygen atoms in total.